The fraction of sp³-hybridized carbons (Fsp3) is 0.625. The van der Waals surface area contributed by atoms with Crippen molar-refractivity contribution in [2.45, 2.75) is 33.0 Å². The Morgan fingerprint density at radius 1 is 1.21 bits per heavy atom. The smallest absolute Gasteiger partial charge is 0.0900 e. The van der Waals surface area contributed by atoms with Crippen LogP contribution in [0.25, 0.3) is 0 Å². The molecule has 0 aliphatic carbocycles. The van der Waals surface area contributed by atoms with Gasteiger partial charge in [0.2, 0.25) is 0 Å². The van der Waals surface area contributed by atoms with Crippen molar-refractivity contribution in [3.8, 4) is 0 Å². The van der Waals surface area contributed by atoms with Crippen LogP contribution in [0, 0.1) is 5.92 Å². The summed E-state index contributed by atoms with van der Waals surface area (Å²) in [7, 11) is 2.05. The average Bonchev–Trinajstić information content (AvgIpc) is 2.39. The molecule has 0 aliphatic heterocycles. The lowest BCUT2D eigenvalue weighted by Crippen LogP contribution is -2.34. The number of rotatable bonds is 9. The molecule has 0 saturated carbocycles. The van der Waals surface area contributed by atoms with E-state index in [1.807, 2.05) is 37.4 Å². The second-order valence-electron chi connectivity index (χ2n) is 5.39. The number of likely N-dealkylation sites (N-methyl/N-ethyl adjacent to an activating group) is 1. The van der Waals surface area contributed by atoms with E-state index in [1.54, 1.807) is 0 Å². The summed E-state index contributed by atoms with van der Waals surface area (Å²) in [5.41, 5.74) is 1.14. The van der Waals surface area contributed by atoms with Crippen LogP contribution in [0.3, 0.4) is 0 Å². The summed E-state index contributed by atoms with van der Waals surface area (Å²) in [6, 6.07) is 10.0. The molecule has 19 heavy (non-hydrogen) atoms. The Labute approximate surface area is 117 Å². The Bertz CT molecular complexity index is 329. The zero-order valence-electron chi connectivity index (χ0n) is 12.4. The molecule has 3 nitrogen and oxygen atoms in total. The van der Waals surface area contributed by atoms with Crippen LogP contribution in [0.4, 0.5) is 0 Å². The van der Waals surface area contributed by atoms with Gasteiger partial charge in [-0.3, -0.25) is 0 Å². The molecule has 0 saturated heterocycles. The molecular formula is C16H27NO2. The van der Waals surface area contributed by atoms with E-state index in [-0.39, 0.29) is 0 Å². The molecule has 1 aromatic rings. The first-order valence-electron chi connectivity index (χ1n) is 7.10. The highest BCUT2D eigenvalue weighted by Gasteiger charge is 2.10. The third-order valence-electron chi connectivity index (χ3n) is 3.26. The van der Waals surface area contributed by atoms with Crippen LogP contribution in [0.5, 0.6) is 0 Å². The fourth-order valence-corrected chi connectivity index (χ4v) is 2.04. The molecule has 0 radical (unpaired) electrons. The van der Waals surface area contributed by atoms with E-state index in [9.17, 15) is 5.11 Å². The number of nitrogens with zero attached hydrogens (tertiary/aromatic N) is 1. The Morgan fingerprint density at radius 2 is 1.89 bits per heavy atom. The van der Waals surface area contributed by atoms with E-state index < -0.39 is 6.10 Å². The van der Waals surface area contributed by atoms with E-state index in [2.05, 4.69) is 18.7 Å². The van der Waals surface area contributed by atoms with Gasteiger partial charge in [0.05, 0.1) is 19.3 Å². The lowest BCUT2D eigenvalue weighted by Gasteiger charge is -2.23. The zero-order chi connectivity index (χ0) is 14.1. The van der Waals surface area contributed by atoms with Gasteiger partial charge >= 0.3 is 0 Å². The SMILES string of the molecule is CCC(C)CN(C)CC(O)COCc1ccccc1. The highest BCUT2D eigenvalue weighted by molar-refractivity contribution is 5.13. The number of aliphatic hydroxyl groups excluding tert-OH is 1. The van der Waals surface area contributed by atoms with Crippen LogP contribution >= 0.6 is 0 Å². The first-order valence-corrected chi connectivity index (χ1v) is 7.10. The molecule has 2 unspecified atom stereocenters. The van der Waals surface area contributed by atoms with Crippen LogP contribution in [-0.4, -0.2) is 42.9 Å². The van der Waals surface area contributed by atoms with Crippen molar-refractivity contribution < 1.29 is 9.84 Å². The molecule has 0 aromatic heterocycles. The number of benzene rings is 1. The summed E-state index contributed by atoms with van der Waals surface area (Å²) in [6.07, 6.45) is 0.753. The molecule has 1 aromatic carbocycles. The lowest BCUT2D eigenvalue weighted by atomic mass is 10.1. The maximum atomic E-state index is 9.92. The average molecular weight is 265 g/mol. The first kappa shape index (κ1) is 16.2. The van der Waals surface area contributed by atoms with Crippen molar-refractivity contribution in [2.75, 3.05) is 26.7 Å². The molecule has 1 N–H and O–H groups in total. The van der Waals surface area contributed by atoms with Gasteiger partial charge in [-0.2, -0.15) is 0 Å². The van der Waals surface area contributed by atoms with Gasteiger partial charge in [-0.25, -0.2) is 0 Å². The van der Waals surface area contributed by atoms with Crippen molar-refractivity contribution in [3.05, 3.63) is 35.9 Å². The maximum Gasteiger partial charge on any atom is 0.0900 e. The second-order valence-corrected chi connectivity index (χ2v) is 5.39. The van der Waals surface area contributed by atoms with Gasteiger partial charge in [-0.1, -0.05) is 50.6 Å². The largest absolute Gasteiger partial charge is 0.389 e. The van der Waals surface area contributed by atoms with Gasteiger partial charge in [0.25, 0.3) is 0 Å². The molecule has 0 aliphatic rings. The van der Waals surface area contributed by atoms with Crippen molar-refractivity contribution >= 4 is 0 Å². The standard InChI is InChI=1S/C16H27NO2/c1-4-14(2)10-17(3)11-16(18)13-19-12-15-8-6-5-7-9-15/h5-9,14,16,18H,4,10-13H2,1-3H3. The molecule has 108 valence electrons. The highest BCUT2D eigenvalue weighted by atomic mass is 16.5. The van der Waals surface area contributed by atoms with Crippen LogP contribution < -0.4 is 0 Å². The molecule has 3 heteroatoms. The van der Waals surface area contributed by atoms with E-state index in [0.29, 0.717) is 25.7 Å². The zero-order valence-corrected chi connectivity index (χ0v) is 12.4. The number of hydrogen-bond donors (Lipinski definition) is 1. The molecule has 1 rings (SSSR count). The molecule has 0 heterocycles. The summed E-state index contributed by atoms with van der Waals surface area (Å²) in [6.45, 7) is 7.06. The van der Waals surface area contributed by atoms with Gasteiger partial charge in [-0.05, 0) is 18.5 Å². The molecule has 0 fully saturated rings. The Hall–Kier alpha value is -0.900. The number of hydrogen-bond acceptors (Lipinski definition) is 3. The van der Waals surface area contributed by atoms with Crippen LogP contribution in [0.15, 0.2) is 30.3 Å². The quantitative estimate of drug-likeness (QED) is 0.745. The van der Waals surface area contributed by atoms with Crippen LogP contribution in [-0.2, 0) is 11.3 Å². The minimum absolute atomic E-state index is 0.389. The van der Waals surface area contributed by atoms with E-state index in [0.717, 1.165) is 12.1 Å². The first-order chi connectivity index (χ1) is 9.11. The predicted molar refractivity (Wildman–Crippen MR) is 79.1 cm³/mol. The Kier molecular flexibility index (Phi) is 7.72. The van der Waals surface area contributed by atoms with Crippen molar-refractivity contribution in [1.29, 1.82) is 0 Å². The summed E-state index contributed by atoms with van der Waals surface area (Å²) in [5.74, 6) is 0.669. The molecule has 0 spiro atoms. The lowest BCUT2D eigenvalue weighted by molar-refractivity contribution is 0.0121. The summed E-state index contributed by atoms with van der Waals surface area (Å²) in [5, 5.41) is 9.92. The summed E-state index contributed by atoms with van der Waals surface area (Å²) >= 11 is 0. The molecular weight excluding hydrogens is 238 g/mol. The topological polar surface area (TPSA) is 32.7 Å². The van der Waals surface area contributed by atoms with Crippen LogP contribution in [0.1, 0.15) is 25.8 Å². The van der Waals surface area contributed by atoms with Crippen molar-refractivity contribution in [3.63, 3.8) is 0 Å². The molecule has 2 atom stereocenters. The Morgan fingerprint density at radius 3 is 2.53 bits per heavy atom. The van der Waals surface area contributed by atoms with Gasteiger partial charge < -0.3 is 14.7 Å². The van der Waals surface area contributed by atoms with Crippen molar-refractivity contribution in [1.82, 2.24) is 4.90 Å². The van der Waals surface area contributed by atoms with E-state index >= 15 is 0 Å². The summed E-state index contributed by atoms with van der Waals surface area (Å²) in [4.78, 5) is 2.17. The second kappa shape index (κ2) is 9.08. The van der Waals surface area contributed by atoms with Gasteiger partial charge in [-0.15, -0.1) is 0 Å². The van der Waals surface area contributed by atoms with Crippen molar-refractivity contribution in [2.24, 2.45) is 5.92 Å². The van der Waals surface area contributed by atoms with Gasteiger partial charge in [0, 0.05) is 13.1 Å². The minimum atomic E-state index is -0.419. The van der Waals surface area contributed by atoms with Crippen LogP contribution in [0.2, 0.25) is 0 Å². The molecule has 0 bridgehead atoms. The Balaban J connectivity index is 2.15. The van der Waals surface area contributed by atoms with E-state index in [4.69, 9.17) is 4.74 Å². The normalized spacial score (nSPS) is 14.6. The fourth-order valence-electron chi connectivity index (χ4n) is 2.04. The third-order valence-corrected chi connectivity index (χ3v) is 3.26. The van der Waals surface area contributed by atoms with E-state index in [1.165, 1.54) is 6.42 Å². The number of aliphatic hydroxyl groups is 1. The highest BCUT2D eigenvalue weighted by Crippen LogP contribution is 2.04. The number of ether oxygens (including phenoxy) is 1. The monoisotopic (exact) mass is 265 g/mol. The minimum Gasteiger partial charge on any atom is -0.389 e. The van der Waals surface area contributed by atoms with Gasteiger partial charge in [0.1, 0.15) is 0 Å². The maximum absolute atomic E-state index is 9.92. The summed E-state index contributed by atoms with van der Waals surface area (Å²) < 4.78 is 5.54. The third kappa shape index (κ3) is 7.31. The van der Waals surface area contributed by atoms with Gasteiger partial charge in [0.15, 0.2) is 0 Å². The molecule has 0 amide bonds. The predicted octanol–water partition coefficient (Wildman–Crippen LogP) is 2.54.